The number of carbonyl (C=O) groups is 3. The van der Waals surface area contributed by atoms with Gasteiger partial charge in [0.1, 0.15) is 13.2 Å². The lowest BCUT2D eigenvalue weighted by Crippen LogP contribution is -2.44. The SMILES string of the molecule is CC/C=C\C/C=C\C/C=C\C/C=C\CCCCCCCCCCCCCCCCCCCCCCCCC(=O)OC(COC(=O)CCCCCCCCCCCCCCCCCCCCCCCC)COC(OCC[N+](C)(C)C)C(=O)[O-]. The number of ether oxygens (including phenoxy) is 4. The van der Waals surface area contributed by atoms with Crippen LogP contribution in [0.5, 0.6) is 0 Å². The fourth-order valence-corrected chi connectivity index (χ4v) is 10.5. The Morgan fingerprint density at radius 3 is 1.04 bits per heavy atom. The molecule has 0 heterocycles. The average molecular weight is 1150 g/mol. The number of carbonyl (C=O) groups excluding carboxylic acids is 3. The summed E-state index contributed by atoms with van der Waals surface area (Å²) in [6, 6.07) is 0. The Morgan fingerprint density at radius 1 is 0.378 bits per heavy atom. The van der Waals surface area contributed by atoms with Gasteiger partial charge in [-0.05, 0) is 51.4 Å². The molecule has 0 fully saturated rings. The number of carboxylic acid groups (broad SMARTS) is 1. The van der Waals surface area contributed by atoms with E-state index in [0.29, 0.717) is 17.4 Å². The van der Waals surface area contributed by atoms with Crippen molar-refractivity contribution in [1.82, 2.24) is 0 Å². The van der Waals surface area contributed by atoms with Crippen molar-refractivity contribution in [3.8, 4) is 0 Å². The normalized spacial score (nSPS) is 12.9. The Morgan fingerprint density at radius 2 is 0.695 bits per heavy atom. The Hall–Kier alpha value is -2.75. The van der Waals surface area contributed by atoms with E-state index in [1.807, 2.05) is 21.1 Å². The van der Waals surface area contributed by atoms with E-state index in [0.717, 1.165) is 64.2 Å². The monoisotopic (exact) mass is 1150 g/mol. The summed E-state index contributed by atoms with van der Waals surface area (Å²) in [7, 11) is 5.94. The number of rotatable bonds is 66. The highest BCUT2D eigenvalue weighted by molar-refractivity contribution is 5.70. The topological polar surface area (TPSA) is 111 Å². The smallest absolute Gasteiger partial charge is 0.306 e. The molecule has 0 aromatic rings. The van der Waals surface area contributed by atoms with Gasteiger partial charge in [0.05, 0.1) is 40.3 Å². The maximum absolute atomic E-state index is 12.9. The highest BCUT2D eigenvalue weighted by Crippen LogP contribution is 2.19. The summed E-state index contributed by atoms with van der Waals surface area (Å²) >= 11 is 0. The molecule has 0 saturated heterocycles. The van der Waals surface area contributed by atoms with Gasteiger partial charge in [-0.25, -0.2) is 0 Å². The van der Waals surface area contributed by atoms with Crippen LogP contribution in [-0.4, -0.2) is 82.3 Å². The van der Waals surface area contributed by atoms with E-state index in [-0.39, 0.29) is 32.2 Å². The molecule has 0 spiro atoms. The van der Waals surface area contributed by atoms with E-state index in [2.05, 4.69) is 62.5 Å². The molecule has 2 unspecified atom stereocenters. The van der Waals surface area contributed by atoms with Crippen molar-refractivity contribution in [3.05, 3.63) is 48.6 Å². The number of quaternary nitrogens is 1. The predicted molar refractivity (Wildman–Crippen MR) is 348 cm³/mol. The van der Waals surface area contributed by atoms with Gasteiger partial charge in [0, 0.05) is 12.8 Å². The number of carboxylic acids is 1. The third-order valence-electron chi connectivity index (χ3n) is 15.8. The van der Waals surface area contributed by atoms with Gasteiger partial charge < -0.3 is 33.3 Å². The zero-order valence-corrected chi connectivity index (χ0v) is 54.9. The van der Waals surface area contributed by atoms with Crippen LogP contribution in [0.25, 0.3) is 0 Å². The van der Waals surface area contributed by atoms with Crippen LogP contribution in [0.3, 0.4) is 0 Å². The number of aliphatic carboxylic acids is 1. The molecule has 0 saturated carbocycles. The number of unbranched alkanes of at least 4 members (excludes halogenated alkanes) is 43. The van der Waals surface area contributed by atoms with Crippen molar-refractivity contribution in [1.29, 1.82) is 0 Å². The number of nitrogens with zero attached hydrogens (tertiary/aromatic N) is 1. The standard InChI is InChI=1S/C73H135NO8/c1-6-8-10-12-14-16-18-20-22-24-26-28-30-31-32-33-34-35-36-37-38-39-40-41-42-44-46-48-50-52-54-56-58-60-62-64-71(76)82-69(68-81-73(72(77)78)79-66-65-74(3,4)5)67-80-70(75)63-61-59-57-55-53-51-49-47-45-43-29-27-25-23-21-19-17-15-13-11-9-7-2/h8,10,14,16,20,22,26,28,69,73H,6-7,9,11-13,15,17-19,21,23-25,27,29-68H2,1-5H3/b10-8-,16-14-,22-20-,28-26-. The number of hydrogen-bond acceptors (Lipinski definition) is 8. The van der Waals surface area contributed by atoms with Crippen LogP contribution in [0.4, 0.5) is 0 Å². The summed E-state index contributed by atoms with van der Waals surface area (Å²) in [5, 5.41) is 11.8. The molecule has 0 aliphatic heterocycles. The lowest BCUT2D eigenvalue weighted by Gasteiger charge is -2.26. The number of allylic oxidation sites excluding steroid dienone is 8. The van der Waals surface area contributed by atoms with Crippen molar-refractivity contribution in [2.24, 2.45) is 0 Å². The number of hydrogen-bond donors (Lipinski definition) is 0. The fraction of sp³-hybridized carbons (Fsp3) is 0.849. The summed E-state index contributed by atoms with van der Waals surface area (Å²) < 4.78 is 22.8. The molecule has 0 aromatic heterocycles. The minimum atomic E-state index is -1.62. The van der Waals surface area contributed by atoms with Crippen molar-refractivity contribution >= 4 is 17.9 Å². The first-order chi connectivity index (χ1) is 40.1. The van der Waals surface area contributed by atoms with Crippen molar-refractivity contribution in [2.75, 3.05) is 47.5 Å². The molecule has 480 valence electrons. The van der Waals surface area contributed by atoms with E-state index in [1.165, 1.54) is 250 Å². The molecule has 82 heavy (non-hydrogen) atoms. The molecule has 0 amide bonds. The van der Waals surface area contributed by atoms with Crippen LogP contribution >= 0.6 is 0 Å². The second-order valence-corrected chi connectivity index (χ2v) is 25.2. The number of likely N-dealkylation sites (N-methyl/N-ethyl adjacent to an activating group) is 1. The highest BCUT2D eigenvalue weighted by atomic mass is 16.7. The Balaban J connectivity index is 4.02. The maximum atomic E-state index is 12.9. The highest BCUT2D eigenvalue weighted by Gasteiger charge is 2.22. The van der Waals surface area contributed by atoms with Gasteiger partial charge in [0.2, 0.25) is 0 Å². The minimum Gasteiger partial charge on any atom is -0.545 e. The second-order valence-electron chi connectivity index (χ2n) is 25.2. The molecule has 9 nitrogen and oxygen atoms in total. The molecule has 0 aliphatic carbocycles. The zero-order chi connectivity index (χ0) is 59.8. The van der Waals surface area contributed by atoms with Crippen LogP contribution in [0.1, 0.15) is 341 Å². The van der Waals surface area contributed by atoms with E-state index in [9.17, 15) is 19.5 Å². The first-order valence-corrected chi connectivity index (χ1v) is 35.3. The second kappa shape index (κ2) is 64.3. The summed E-state index contributed by atoms with van der Waals surface area (Å²) in [4.78, 5) is 37.5. The summed E-state index contributed by atoms with van der Waals surface area (Å²) in [6.07, 6.45) is 79.2. The molecule has 0 radical (unpaired) electrons. The van der Waals surface area contributed by atoms with Gasteiger partial charge in [0.25, 0.3) is 0 Å². The van der Waals surface area contributed by atoms with E-state index in [4.69, 9.17) is 18.9 Å². The van der Waals surface area contributed by atoms with Gasteiger partial charge in [-0.15, -0.1) is 0 Å². The van der Waals surface area contributed by atoms with Crippen molar-refractivity contribution < 1.29 is 42.9 Å². The molecule has 0 N–H and O–H groups in total. The Bertz CT molecular complexity index is 1480. The molecule has 0 rings (SSSR count). The molecule has 0 bridgehead atoms. The average Bonchev–Trinajstić information content (AvgIpc) is 3.45. The van der Waals surface area contributed by atoms with Gasteiger partial charge in [0.15, 0.2) is 12.4 Å². The summed E-state index contributed by atoms with van der Waals surface area (Å²) in [5.74, 6) is -2.25. The summed E-state index contributed by atoms with van der Waals surface area (Å²) in [5.41, 5.74) is 0. The number of esters is 2. The molecule has 0 aliphatic rings. The molecular weight excluding hydrogens is 1020 g/mol. The van der Waals surface area contributed by atoms with Crippen LogP contribution in [0.15, 0.2) is 48.6 Å². The van der Waals surface area contributed by atoms with Gasteiger partial charge in [-0.1, -0.05) is 326 Å². The fourth-order valence-electron chi connectivity index (χ4n) is 10.5. The molecule has 9 heteroatoms. The maximum Gasteiger partial charge on any atom is 0.306 e. The first kappa shape index (κ1) is 79.2. The molecule has 2 atom stereocenters. The lowest BCUT2D eigenvalue weighted by molar-refractivity contribution is -0.870. The minimum absolute atomic E-state index is 0.151. The van der Waals surface area contributed by atoms with Crippen molar-refractivity contribution in [2.45, 2.75) is 354 Å². The first-order valence-electron chi connectivity index (χ1n) is 35.3. The van der Waals surface area contributed by atoms with Crippen LogP contribution < -0.4 is 5.11 Å². The van der Waals surface area contributed by atoms with Gasteiger partial charge in [-0.2, -0.15) is 0 Å². The quantitative estimate of drug-likeness (QED) is 0.0195. The van der Waals surface area contributed by atoms with Crippen LogP contribution in [0.2, 0.25) is 0 Å². The van der Waals surface area contributed by atoms with E-state index < -0.39 is 24.3 Å². The third kappa shape index (κ3) is 64.8. The molecular formula is C73H135NO8. The largest absolute Gasteiger partial charge is 0.545 e. The zero-order valence-electron chi connectivity index (χ0n) is 54.9. The third-order valence-corrected chi connectivity index (χ3v) is 15.8. The van der Waals surface area contributed by atoms with Crippen LogP contribution in [0, 0.1) is 0 Å². The summed E-state index contributed by atoms with van der Waals surface area (Å²) in [6.45, 7) is 4.70. The predicted octanol–water partition coefficient (Wildman–Crippen LogP) is 20.4. The van der Waals surface area contributed by atoms with Gasteiger partial charge >= 0.3 is 11.9 Å². The Kier molecular flexibility index (Phi) is 62.1. The van der Waals surface area contributed by atoms with Crippen LogP contribution in [-0.2, 0) is 33.3 Å². The molecule has 0 aromatic carbocycles. The van der Waals surface area contributed by atoms with E-state index in [1.54, 1.807) is 0 Å². The van der Waals surface area contributed by atoms with Gasteiger partial charge in [-0.3, -0.25) is 9.59 Å². The van der Waals surface area contributed by atoms with E-state index >= 15 is 0 Å². The lowest BCUT2D eigenvalue weighted by atomic mass is 10.0. The Labute approximate surface area is 508 Å². The van der Waals surface area contributed by atoms with Crippen molar-refractivity contribution in [3.63, 3.8) is 0 Å².